The number of hydrogen-bond donors (Lipinski definition) is 1. The molecule has 2 rings (SSSR count). The maximum atomic E-state index is 12.1. The third-order valence-corrected chi connectivity index (χ3v) is 3.54. The van der Waals surface area contributed by atoms with Gasteiger partial charge in [0.15, 0.2) is 6.10 Å². The molecular formula is C15H13BrClNO2. The molecule has 0 heterocycles. The van der Waals surface area contributed by atoms with Gasteiger partial charge in [0.25, 0.3) is 5.91 Å². The number of ether oxygens (including phenoxy) is 1. The van der Waals surface area contributed by atoms with Gasteiger partial charge >= 0.3 is 0 Å². The minimum atomic E-state index is -0.624. The fourth-order valence-corrected chi connectivity index (χ4v) is 2.16. The Hall–Kier alpha value is -1.52. The van der Waals surface area contributed by atoms with Gasteiger partial charge in [-0.1, -0.05) is 29.8 Å². The fourth-order valence-electron chi connectivity index (χ4n) is 1.59. The highest BCUT2D eigenvalue weighted by Gasteiger charge is 2.15. The fraction of sp³-hybridized carbons (Fsp3) is 0.133. The van der Waals surface area contributed by atoms with E-state index in [0.717, 1.165) is 4.47 Å². The molecule has 20 heavy (non-hydrogen) atoms. The smallest absolute Gasteiger partial charge is 0.265 e. The molecule has 0 aliphatic heterocycles. The molecule has 1 amide bonds. The van der Waals surface area contributed by atoms with E-state index in [1.165, 1.54) is 0 Å². The first-order valence-electron chi connectivity index (χ1n) is 6.04. The average Bonchev–Trinajstić information content (AvgIpc) is 2.41. The normalized spacial score (nSPS) is 11.8. The minimum Gasteiger partial charge on any atom is -0.481 e. The van der Waals surface area contributed by atoms with Crippen LogP contribution in [0, 0.1) is 0 Å². The van der Waals surface area contributed by atoms with Crippen molar-refractivity contribution in [2.24, 2.45) is 0 Å². The molecule has 0 saturated carbocycles. The number of hydrogen-bond acceptors (Lipinski definition) is 2. The van der Waals surface area contributed by atoms with E-state index in [-0.39, 0.29) is 5.91 Å². The summed E-state index contributed by atoms with van der Waals surface area (Å²) in [4.78, 5) is 12.1. The Balaban J connectivity index is 2.01. The van der Waals surface area contributed by atoms with Gasteiger partial charge in [-0.05, 0) is 53.2 Å². The number of halogens is 2. The zero-order chi connectivity index (χ0) is 14.5. The minimum absolute atomic E-state index is 0.225. The summed E-state index contributed by atoms with van der Waals surface area (Å²) in [5.41, 5.74) is 0.707. The summed E-state index contributed by atoms with van der Waals surface area (Å²) in [6.45, 7) is 1.69. The van der Waals surface area contributed by atoms with E-state index in [2.05, 4.69) is 21.2 Å². The maximum absolute atomic E-state index is 12.1. The van der Waals surface area contributed by atoms with Gasteiger partial charge in [0.05, 0.1) is 5.69 Å². The quantitative estimate of drug-likeness (QED) is 0.877. The Morgan fingerprint density at radius 2 is 2.00 bits per heavy atom. The maximum Gasteiger partial charge on any atom is 0.265 e. The van der Waals surface area contributed by atoms with Crippen molar-refractivity contribution in [3.8, 4) is 5.75 Å². The van der Waals surface area contributed by atoms with Crippen LogP contribution in [-0.4, -0.2) is 12.0 Å². The van der Waals surface area contributed by atoms with Gasteiger partial charge < -0.3 is 10.1 Å². The molecule has 1 atom stereocenters. The van der Waals surface area contributed by atoms with Gasteiger partial charge in [-0.15, -0.1) is 0 Å². The highest BCUT2D eigenvalue weighted by Crippen LogP contribution is 2.22. The highest BCUT2D eigenvalue weighted by atomic mass is 79.9. The number of anilines is 1. The summed E-state index contributed by atoms with van der Waals surface area (Å²) in [5.74, 6) is 0.337. The van der Waals surface area contributed by atoms with Crippen molar-refractivity contribution in [3.05, 3.63) is 58.0 Å². The molecule has 0 unspecified atom stereocenters. The molecule has 1 N–H and O–H groups in total. The number of para-hydroxylation sites is 1. The third kappa shape index (κ3) is 3.99. The first kappa shape index (κ1) is 14.9. The predicted octanol–water partition coefficient (Wildman–Crippen LogP) is 4.51. The molecule has 0 spiro atoms. The average molecular weight is 355 g/mol. The molecule has 0 aliphatic rings. The van der Waals surface area contributed by atoms with Gasteiger partial charge in [-0.3, -0.25) is 4.79 Å². The Bertz CT molecular complexity index is 618. The highest BCUT2D eigenvalue weighted by molar-refractivity contribution is 9.10. The summed E-state index contributed by atoms with van der Waals surface area (Å²) >= 11 is 9.25. The number of carbonyl (C=O) groups is 1. The zero-order valence-electron chi connectivity index (χ0n) is 10.8. The molecular weight excluding hydrogens is 342 g/mol. The lowest BCUT2D eigenvalue weighted by Gasteiger charge is -2.15. The van der Waals surface area contributed by atoms with Crippen LogP contribution in [0.5, 0.6) is 5.75 Å². The molecule has 0 fully saturated rings. The van der Waals surface area contributed by atoms with Crippen LogP contribution in [0.1, 0.15) is 6.92 Å². The first-order chi connectivity index (χ1) is 9.56. The summed E-state index contributed by atoms with van der Waals surface area (Å²) in [6, 6.07) is 14.4. The number of nitrogens with one attached hydrogen (secondary N) is 1. The number of rotatable bonds is 4. The lowest BCUT2D eigenvalue weighted by Crippen LogP contribution is -2.30. The van der Waals surface area contributed by atoms with Crippen molar-refractivity contribution in [1.29, 1.82) is 0 Å². The Morgan fingerprint density at radius 3 is 2.70 bits per heavy atom. The Kier molecular flexibility index (Phi) is 5.04. The van der Waals surface area contributed by atoms with E-state index in [1.54, 1.807) is 31.2 Å². The lowest BCUT2D eigenvalue weighted by atomic mass is 10.3. The molecule has 2 aromatic rings. The molecule has 3 nitrogen and oxygen atoms in total. The molecule has 0 bridgehead atoms. The van der Waals surface area contributed by atoms with Crippen LogP contribution in [0.4, 0.5) is 5.69 Å². The van der Waals surface area contributed by atoms with E-state index >= 15 is 0 Å². The van der Waals surface area contributed by atoms with Crippen molar-refractivity contribution in [1.82, 2.24) is 0 Å². The first-order valence-corrected chi connectivity index (χ1v) is 7.21. The number of carbonyl (C=O) groups excluding carboxylic acids is 1. The van der Waals surface area contributed by atoms with Gasteiger partial charge in [-0.25, -0.2) is 0 Å². The topological polar surface area (TPSA) is 38.3 Å². The molecule has 0 radical (unpaired) electrons. The van der Waals surface area contributed by atoms with Gasteiger partial charge in [0, 0.05) is 9.50 Å². The number of amides is 1. The molecule has 2 aromatic carbocycles. The van der Waals surface area contributed by atoms with Crippen molar-refractivity contribution in [2.45, 2.75) is 13.0 Å². The van der Waals surface area contributed by atoms with Gasteiger partial charge in [0.2, 0.25) is 0 Å². The number of benzene rings is 2. The van der Waals surface area contributed by atoms with Gasteiger partial charge in [0.1, 0.15) is 5.75 Å². The third-order valence-electron chi connectivity index (χ3n) is 2.61. The van der Waals surface area contributed by atoms with E-state index < -0.39 is 6.10 Å². The summed E-state index contributed by atoms with van der Waals surface area (Å²) < 4.78 is 6.38. The van der Waals surface area contributed by atoms with Crippen molar-refractivity contribution >= 4 is 39.1 Å². The largest absolute Gasteiger partial charge is 0.481 e. The van der Waals surface area contributed by atoms with Crippen LogP contribution in [-0.2, 0) is 4.79 Å². The second kappa shape index (κ2) is 6.77. The summed E-state index contributed by atoms with van der Waals surface area (Å²) in [6.07, 6.45) is -0.624. The van der Waals surface area contributed by atoms with Crippen LogP contribution >= 0.6 is 27.5 Å². The zero-order valence-corrected chi connectivity index (χ0v) is 13.1. The van der Waals surface area contributed by atoms with E-state index in [1.807, 2.05) is 24.3 Å². The Labute approximate surface area is 131 Å². The molecule has 104 valence electrons. The van der Waals surface area contributed by atoms with Crippen LogP contribution in [0.25, 0.3) is 0 Å². The van der Waals surface area contributed by atoms with Crippen LogP contribution in [0.15, 0.2) is 53.0 Å². The van der Waals surface area contributed by atoms with Crippen LogP contribution in [0.2, 0.25) is 5.02 Å². The van der Waals surface area contributed by atoms with Gasteiger partial charge in [-0.2, -0.15) is 0 Å². The second-order valence-corrected chi connectivity index (χ2v) is 5.48. The molecule has 0 aliphatic carbocycles. The van der Waals surface area contributed by atoms with Crippen molar-refractivity contribution < 1.29 is 9.53 Å². The second-order valence-electron chi connectivity index (χ2n) is 4.19. The van der Waals surface area contributed by atoms with Crippen molar-refractivity contribution in [2.75, 3.05) is 5.32 Å². The molecule has 5 heteroatoms. The lowest BCUT2D eigenvalue weighted by molar-refractivity contribution is -0.122. The van der Waals surface area contributed by atoms with E-state index in [0.29, 0.717) is 16.5 Å². The van der Waals surface area contributed by atoms with Crippen LogP contribution < -0.4 is 10.1 Å². The van der Waals surface area contributed by atoms with E-state index in [4.69, 9.17) is 16.3 Å². The predicted molar refractivity (Wildman–Crippen MR) is 84.3 cm³/mol. The SMILES string of the molecule is C[C@@H](Oc1cccc(Cl)c1)C(=O)Nc1ccccc1Br. The molecule has 0 saturated heterocycles. The Morgan fingerprint density at radius 1 is 1.25 bits per heavy atom. The van der Waals surface area contributed by atoms with E-state index in [9.17, 15) is 4.79 Å². The standard InChI is InChI=1S/C15H13BrClNO2/c1-10(20-12-6-4-5-11(17)9-12)15(19)18-14-8-3-2-7-13(14)16/h2-10H,1H3,(H,18,19)/t10-/m1/s1. The summed E-state index contributed by atoms with van der Waals surface area (Å²) in [7, 11) is 0. The summed E-state index contributed by atoms with van der Waals surface area (Å²) in [5, 5.41) is 3.37. The van der Waals surface area contributed by atoms with Crippen LogP contribution in [0.3, 0.4) is 0 Å². The van der Waals surface area contributed by atoms with Crippen molar-refractivity contribution in [3.63, 3.8) is 0 Å². The molecule has 0 aromatic heterocycles. The monoisotopic (exact) mass is 353 g/mol.